The van der Waals surface area contributed by atoms with Gasteiger partial charge in [0, 0.05) is 20.1 Å². The van der Waals surface area contributed by atoms with Crippen molar-refractivity contribution in [2.24, 2.45) is 0 Å². The fourth-order valence-corrected chi connectivity index (χ4v) is 3.33. The Morgan fingerprint density at radius 1 is 1.29 bits per heavy atom. The van der Waals surface area contributed by atoms with E-state index < -0.39 is 6.04 Å². The van der Waals surface area contributed by atoms with Crippen LogP contribution in [-0.4, -0.2) is 60.9 Å². The molecular formula is C19H29N3O2. The van der Waals surface area contributed by atoms with Crippen molar-refractivity contribution < 1.29 is 9.59 Å². The molecule has 0 bridgehead atoms. The van der Waals surface area contributed by atoms with Gasteiger partial charge in [-0.1, -0.05) is 30.3 Å². The number of likely N-dealkylation sites (tertiary alicyclic amines) is 1. The molecule has 2 rings (SSSR count). The van der Waals surface area contributed by atoms with Crippen molar-refractivity contribution in [3.63, 3.8) is 0 Å². The van der Waals surface area contributed by atoms with E-state index in [1.807, 2.05) is 6.07 Å². The van der Waals surface area contributed by atoms with Crippen molar-refractivity contribution in [2.75, 3.05) is 27.2 Å². The van der Waals surface area contributed by atoms with Gasteiger partial charge in [-0.3, -0.25) is 14.5 Å². The van der Waals surface area contributed by atoms with Crippen LogP contribution < -0.4 is 5.32 Å². The van der Waals surface area contributed by atoms with Gasteiger partial charge in [-0.25, -0.2) is 0 Å². The lowest BCUT2D eigenvalue weighted by atomic mass is 10.0. The van der Waals surface area contributed by atoms with Crippen molar-refractivity contribution in [1.82, 2.24) is 15.1 Å². The summed E-state index contributed by atoms with van der Waals surface area (Å²) in [5.41, 5.74) is 1.35. The molecule has 1 aromatic carbocycles. The molecule has 0 spiro atoms. The number of hydrogen-bond acceptors (Lipinski definition) is 3. The van der Waals surface area contributed by atoms with Gasteiger partial charge in [-0.2, -0.15) is 0 Å². The maximum Gasteiger partial charge on any atom is 0.244 e. The minimum atomic E-state index is -0.474. The van der Waals surface area contributed by atoms with Gasteiger partial charge in [0.05, 0.1) is 6.54 Å². The average Bonchev–Trinajstić information content (AvgIpc) is 2.99. The van der Waals surface area contributed by atoms with Gasteiger partial charge in [0.1, 0.15) is 6.04 Å². The molecule has 1 heterocycles. The lowest BCUT2D eigenvalue weighted by molar-refractivity contribution is -0.134. The molecule has 1 aliphatic heterocycles. The lowest BCUT2D eigenvalue weighted by Crippen LogP contribution is -2.48. The number of carbonyl (C=O) groups excluding carboxylic acids is 2. The summed E-state index contributed by atoms with van der Waals surface area (Å²) in [6.07, 6.45) is 4.40. The summed E-state index contributed by atoms with van der Waals surface area (Å²) >= 11 is 0. The average molecular weight is 331 g/mol. The molecule has 0 saturated carbocycles. The highest BCUT2D eigenvalue weighted by molar-refractivity contribution is 5.87. The van der Waals surface area contributed by atoms with Gasteiger partial charge < -0.3 is 10.2 Å². The number of amides is 2. The van der Waals surface area contributed by atoms with E-state index in [4.69, 9.17) is 0 Å². The van der Waals surface area contributed by atoms with Crippen LogP contribution >= 0.6 is 0 Å². The minimum Gasteiger partial charge on any atom is -0.347 e. The Morgan fingerprint density at radius 2 is 2.00 bits per heavy atom. The number of benzene rings is 1. The summed E-state index contributed by atoms with van der Waals surface area (Å²) in [5, 5.41) is 2.81. The molecule has 0 aromatic heterocycles. The van der Waals surface area contributed by atoms with Crippen LogP contribution in [0.5, 0.6) is 0 Å². The number of nitrogens with zero attached hydrogens (tertiary/aromatic N) is 2. The number of aryl methyl sites for hydroxylation is 1. The van der Waals surface area contributed by atoms with Crippen LogP contribution in [0.4, 0.5) is 0 Å². The van der Waals surface area contributed by atoms with Crippen molar-refractivity contribution in [2.45, 2.75) is 44.7 Å². The van der Waals surface area contributed by atoms with Gasteiger partial charge in [0.25, 0.3) is 0 Å². The minimum absolute atomic E-state index is 0.0655. The number of nitrogens with one attached hydrogen (secondary N) is 1. The highest BCUT2D eigenvalue weighted by Crippen LogP contribution is 2.21. The summed E-state index contributed by atoms with van der Waals surface area (Å²) < 4.78 is 0. The van der Waals surface area contributed by atoms with E-state index in [1.54, 1.807) is 21.0 Å². The first-order valence-electron chi connectivity index (χ1n) is 8.76. The molecule has 132 valence electrons. The molecule has 1 fully saturated rings. The Labute approximate surface area is 145 Å². The first kappa shape index (κ1) is 18.5. The largest absolute Gasteiger partial charge is 0.347 e. The molecule has 24 heavy (non-hydrogen) atoms. The summed E-state index contributed by atoms with van der Waals surface area (Å²) in [6.45, 7) is 3.07. The summed E-state index contributed by atoms with van der Waals surface area (Å²) in [4.78, 5) is 27.8. The molecule has 5 heteroatoms. The second-order valence-electron chi connectivity index (χ2n) is 6.81. The highest BCUT2D eigenvalue weighted by Gasteiger charge is 2.27. The van der Waals surface area contributed by atoms with Crippen LogP contribution in [0.3, 0.4) is 0 Å². The maximum atomic E-state index is 12.2. The molecule has 1 aromatic rings. The predicted molar refractivity (Wildman–Crippen MR) is 95.7 cm³/mol. The van der Waals surface area contributed by atoms with Crippen molar-refractivity contribution in [1.29, 1.82) is 0 Å². The number of carbonyl (C=O) groups is 2. The molecule has 1 N–H and O–H groups in total. The van der Waals surface area contributed by atoms with Gasteiger partial charge >= 0.3 is 0 Å². The van der Waals surface area contributed by atoms with Crippen LogP contribution in [0.1, 0.15) is 31.7 Å². The second-order valence-corrected chi connectivity index (χ2v) is 6.81. The van der Waals surface area contributed by atoms with Gasteiger partial charge in [0.2, 0.25) is 11.8 Å². The van der Waals surface area contributed by atoms with E-state index in [2.05, 4.69) is 34.5 Å². The van der Waals surface area contributed by atoms with Crippen LogP contribution in [0.15, 0.2) is 30.3 Å². The summed E-state index contributed by atoms with van der Waals surface area (Å²) in [6, 6.07) is 10.5. The Kier molecular flexibility index (Phi) is 6.79. The molecule has 2 atom stereocenters. The third kappa shape index (κ3) is 5.34. The highest BCUT2D eigenvalue weighted by atomic mass is 16.2. The number of hydrogen-bond donors (Lipinski definition) is 1. The smallest absolute Gasteiger partial charge is 0.244 e. The third-order valence-electron chi connectivity index (χ3n) is 4.64. The van der Waals surface area contributed by atoms with E-state index in [0.717, 1.165) is 32.2 Å². The molecule has 5 nitrogen and oxygen atoms in total. The monoisotopic (exact) mass is 331 g/mol. The van der Waals surface area contributed by atoms with E-state index in [9.17, 15) is 9.59 Å². The molecular weight excluding hydrogens is 302 g/mol. The van der Waals surface area contributed by atoms with Gasteiger partial charge in [-0.05, 0) is 44.7 Å². The van der Waals surface area contributed by atoms with Gasteiger partial charge in [-0.15, -0.1) is 0 Å². The summed E-state index contributed by atoms with van der Waals surface area (Å²) in [5.74, 6) is -0.144. The third-order valence-corrected chi connectivity index (χ3v) is 4.64. The lowest BCUT2D eigenvalue weighted by Gasteiger charge is -2.25. The number of rotatable bonds is 7. The van der Waals surface area contributed by atoms with E-state index in [1.165, 1.54) is 10.5 Å². The van der Waals surface area contributed by atoms with Crippen molar-refractivity contribution >= 4 is 11.8 Å². The SMILES string of the molecule is CC(NC(=O)CN1CCCC1CCc1ccccc1)C(=O)N(C)C. The van der Waals surface area contributed by atoms with Crippen LogP contribution in [0.25, 0.3) is 0 Å². The molecule has 1 aliphatic rings. The maximum absolute atomic E-state index is 12.2. The standard InChI is InChI=1S/C19H29N3O2/c1-15(19(24)21(2)3)20-18(23)14-22-13-7-10-17(22)12-11-16-8-5-4-6-9-16/h4-6,8-9,15,17H,7,10-14H2,1-3H3,(H,20,23). The Morgan fingerprint density at radius 3 is 2.67 bits per heavy atom. The number of likely N-dealkylation sites (N-methyl/N-ethyl adjacent to an activating group) is 1. The molecule has 0 aliphatic carbocycles. The predicted octanol–water partition coefficient (Wildman–Crippen LogP) is 1.68. The van der Waals surface area contributed by atoms with Crippen LogP contribution in [0, 0.1) is 0 Å². The first-order valence-corrected chi connectivity index (χ1v) is 8.76. The zero-order valence-corrected chi connectivity index (χ0v) is 15.0. The van der Waals surface area contributed by atoms with Crippen molar-refractivity contribution in [3.05, 3.63) is 35.9 Å². The molecule has 1 saturated heterocycles. The Balaban J connectivity index is 1.80. The Hall–Kier alpha value is -1.88. The van der Waals surface area contributed by atoms with Crippen LogP contribution in [-0.2, 0) is 16.0 Å². The fourth-order valence-electron chi connectivity index (χ4n) is 3.33. The van der Waals surface area contributed by atoms with Gasteiger partial charge in [0.15, 0.2) is 0 Å². The zero-order valence-electron chi connectivity index (χ0n) is 15.0. The quantitative estimate of drug-likeness (QED) is 0.827. The Bertz CT molecular complexity index is 545. The molecule has 2 unspecified atom stereocenters. The van der Waals surface area contributed by atoms with Crippen LogP contribution in [0.2, 0.25) is 0 Å². The van der Waals surface area contributed by atoms with E-state index in [0.29, 0.717) is 12.6 Å². The van der Waals surface area contributed by atoms with E-state index >= 15 is 0 Å². The normalized spacial score (nSPS) is 19.0. The van der Waals surface area contributed by atoms with E-state index in [-0.39, 0.29) is 11.8 Å². The fraction of sp³-hybridized carbons (Fsp3) is 0.579. The second kappa shape index (κ2) is 8.83. The topological polar surface area (TPSA) is 52.7 Å². The summed E-state index contributed by atoms with van der Waals surface area (Å²) in [7, 11) is 3.40. The van der Waals surface area contributed by atoms with Crippen molar-refractivity contribution in [3.8, 4) is 0 Å². The molecule has 2 amide bonds. The molecule has 0 radical (unpaired) electrons. The zero-order chi connectivity index (χ0) is 17.5. The first-order chi connectivity index (χ1) is 11.5.